The smallest absolute Gasteiger partial charge is 0.378 e. The molecule has 11 heavy (non-hydrogen) atoms. The summed E-state index contributed by atoms with van der Waals surface area (Å²) in [6, 6.07) is 0. The highest BCUT2D eigenvalue weighted by Crippen LogP contribution is 2.14. The molecule has 0 saturated carbocycles. The molecule has 5 nitrogen and oxygen atoms in total. The van der Waals surface area contributed by atoms with E-state index in [9.17, 15) is 9.59 Å². The molecule has 0 amide bonds. The number of hydrogen-bond acceptors (Lipinski definition) is 5. The zero-order valence-electron chi connectivity index (χ0n) is 5.27. The van der Waals surface area contributed by atoms with Crippen LogP contribution in [0.5, 0.6) is 0 Å². The Labute approximate surface area is 65.5 Å². The Hall–Kier alpha value is -1.43. The van der Waals surface area contributed by atoms with Crippen molar-refractivity contribution in [2.24, 2.45) is 0 Å². The van der Waals surface area contributed by atoms with Gasteiger partial charge in [-0.25, -0.2) is 9.78 Å². The fraction of sp³-hybridized carbons (Fsp3) is 0. The van der Waals surface area contributed by atoms with Crippen molar-refractivity contribution in [3.05, 3.63) is 11.1 Å². The lowest BCUT2D eigenvalue weighted by Crippen LogP contribution is -2.10. The third-order valence-electron chi connectivity index (χ3n) is 0.942. The van der Waals surface area contributed by atoms with Gasteiger partial charge in [0.15, 0.2) is 5.13 Å². The minimum Gasteiger partial charge on any atom is -0.475 e. The zero-order chi connectivity index (χ0) is 8.43. The summed E-state index contributed by atoms with van der Waals surface area (Å²) in [4.78, 5) is 24.4. The molecule has 0 fully saturated rings. The van der Waals surface area contributed by atoms with E-state index in [1.807, 2.05) is 0 Å². The van der Waals surface area contributed by atoms with E-state index in [0.29, 0.717) is 0 Å². The quantitative estimate of drug-likeness (QED) is 0.483. The summed E-state index contributed by atoms with van der Waals surface area (Å²) < 4.78 is 0. The Morgan fingerprint density at radius 1 is 1.64 bits per heavy atom. The van der Waals surface area contributed by atoms with E-state index in [2.05, 4.69) is 4.98 Å². The van der Waals surface area contributed by atoms with E-state index in [4.69, 9.17) is 10.8 Å². The molecule has 0 spiro atoms. The van der Waals surface area contributed by atoms with Crippen molar-refractivity contribution in [1.29, 1.82) is 0 Å². The molecule has 6 heteroatoms. The number of carbonyl (C=O) groups is 2. The third kappa shape index (κ3) is 1.53. The Kier molecular flexibility index (Phi) is 1.86. The number of rotatable bonds is 2. The first kappa shape index (κ1) is 7.67. The molecule has 0 radical (unpaired) electrons. The molecule has 0 aromatic carbocycles. The fourth-order valence-corrected chi connectivity index (χ4v) is 1.11. The molecule has 0 atom stereocenters. The van der Waals surface area contributed by atoms with Gasteiger partial charge >= 0.3 is 5.97 Å². The van der Waals surface area contributed by atoms with Crippen molar-refractivity contribution in [3.63, 3.8) is 0 Å². The van der Waals surface area contributed by atoms with Gasteiger partial charge in [0.1, 0.15) is 4.88 Å². The monoisotopic (exact) mass is 172 g/mol. The molecule has 1 aromatic rings. The first-order chi connectivity index (χ1) is 5.11. The number of anilines is 1. The SMILES string of the molecule is Nc1ncc(C(=O)C(=O)O)s1. The van der Waals surface area contributed by atoms with Gasteiger partial charge in [-0.05, 0) is 0 Å². The maximum Gasteiger partial charge on any atom is 0.378 e. The van der Waals surface area contributed by atoms with E-state index >= 15 is 0 Å². The van der Waals surface area contributed by atoms with Crippen molar-refractivity contribution in [2.75, 3.05) is 5.73 Å². The number of hydrogen-bond donors (Lipinski definition) is 2. The number of ketones is 1. The summed E-state index contributed by atoms with van der Waals surface area (Å²) in [6.07, 6.45) is 1.15. The average Bonchev–Trinajstić information content (AvgIpc) is 2.34. The molecular weight excluding hydrogens is 168 g/mol. The molecule has 0 unspecified atom stereocenters. The molecule has 1 aromatic heterocycles. The fourth-order valence-electron chi connectivity index (χ4n) is 0.498. The number of carboxylic acids is 1. The number of thiazole rings is 1. The number of carbonyl (C=O) groups excluding carboxylic acids is 1. The molecule has 3 N–H and O–H groups in total. The lowest BCUT2D eigenvalue weighted by atomic mass is 10.4. The van der Waals surface area contributed by atoms with Crippen molar-refractivity contribution < 1.29 is 14.7 Å². The number of Topliss-reactive ketones (excluding diaryl/α,β-unsaturated/α-hetero) is 1. The van der Waals surface area contributed by atoms with E-state index in [0.717, 1.165) is 17.5 Å². The molecule has 1 rings (SSSR count). The number of carboxylic acid groups (broad SMARTS) is 1. The Morgan fingerprint density at radius 2 is 2.27 bits per heavy atom. The maximum absolute atomic E-state index is 10.7. The van der Waals surface area contributed by atoms with Gasteiger partial charge in [0.05, 0.1) is 6.20 Å². The highest BCUT2D eigenvalue weighted by atomic mass is 32.1. The summed E-state index contributed by atoms with van der Waals surface area (Å²) >= 11 is 0.860. The standard InChI is InChI=1S/C5H4N2O3S/c6-5-7-1-2(11-5)3(8)4(9)10/h1H,(H2,6,7)(H,9,10). The molecule has 0 aliphatic carbocycles. The lowest BCUT2D eigenvalue weighted by molar-refractivity contribution is -0.131. The van der Waals surface area contributed by atoms with Crippen LogP contribution in [0.3, 0.4) is 0 Å². The normalized spacial score (nSPS) is 9.45. The van der Waals surface area contributed by atoms with Gasteiger partial charge in [-0.15, -0.1) is 0 Å². The van der Waals surface area contributed by atoms with Gasteiger partial charge in [-0.3, -0.25) is 4.79 Å². The Balaban J connectivity index is 2.94. The second kappa shape index (κ2) is 2.67. The number of nitrogens with two attached hydrogens (primary N) is 1. The topological polar surface area (TPSA) is 93.3 Å². The van der Waals surface area contributed by atoms with Crippen LogP contribution >= 0.6 is 11.3 Å². The van der Waals surface area contributed by atoms with E-state index < -0.39 is 11.8 Å². The molecule has 1 heterocycles. The maximum atomic E-state index is 10.7. The van der Waals surface area contributed by atoms with Crippen LogP contribution in [0.1, 0.15) is 9.67 Å². The van der Waals surface area contributed by atoms with Crippen LogP contribution < -0.4 is 5.73 Å². The predicted molar refractivity (Wildman–Crippen MR) is 38.5 cm³/mol. The highest BCUT2D eigenvalue weighted by Gasteiger charge is 2.16. The second-order valence-corrected chi connectivity index (χ2v) is 2.76. The van der Waals surface area contributed by atoms with Crippen LogP contribution in [0.2, 0.25) is 0 Å². The van der Waals surface area contributed by atoms with Crippen LogP contribution in [-0.4, -0.2) is 21.8 Å². The number of aromatic nitrogens is 1. The molecule has 0 aliphatic rings. The molecule has 0 aliphatic heterocycles. The summed E-state index contributed by atoms with van der Waals surface area (Å²) in [6.45, 7) is 0. The van der Waals surface area contributed by atoms with Crippen molar-refractivity contribution in [1.82, 2.24) is 4.98 Å². The first-order valence-corrected chi connectivity index (χ1v) is 3.42. The average molecular weight is 172 g/mol. The predicted octanol–water partition coefficient (Wildman–Crippen LogP) is -0.00740. The van der Waals surface area contributed by atoms with E-state index in [-0.39, 0.29) is 10.0 Å². The van der Waals surface area contributed by atoms with Gasteiger partial charge < -0.3 is 10.8 Å². The minimum atomic E-state index is -1.49. The van der Waals surface area contributed by atoms with Crippen molar-refractivity contribution in [2.45, 2.75) is 0 Å². The Bertz CT molecular complexity index is 306. The second-order valence-electron chi connectivity index (χ2n) is 1.70. The lowest BCUT2D eigenvalue weighted by Gasteiger charge is -1.84. The largest absolute Gasteiger partial charge is 0.475 e. The van der Waals surface area contributed by atoms with Crippen LogP contribution in [0.25, 0.3) is 0 Å². The van der Waals surface area contributed by atoms with Gasteiger partial charge in [-0.1, -0.05) is 11.3 Å². The molecule has 0 saturated heterocycles. The summed E-state index contributed by atoms with van der Waals surface area (Å²) in [5.41, 5.74) is 5.18. The van der Waals surface area contributed by atoms with Gasteiger partial charge in [-0.2, -0.15) is 0 Å². The summed E-state index contributed by atoms with van der Waals surface area (Å²) in [5, 5.41) is 8.42. The molecular formula is C5H4N2O3S. The number of aliphatic carboxylic acids is 1. The molecule has 0 bridgehead atoms. The minimum absolute atomic E-state index is 0.0509. The van der Waals surface area contributed by atoms with E-state index in [1.54, 1.807) is 0 Å². The van der Waals surface area contributed by atoms with Crippen LogP contribution in [0.15, 0.2) is 6.20 Å². The van der Waals surface area contributed by atoms with Gasteiger partial charge in [0.25, 0.3) is 5.78 Å². The van der Waals surface area contributed by atoms with E-state index in [1.165, 1.54) is 0 Å². The van der Waals surface area contributed by atoms with Crippen LogP contribution in [0.4, 0.5) is 5.13 Å². The summed E-state index contributed by atoms with van der Waals surface area (Å²) in [7, 11) is 0. The van der Waals surface area contributed by atoms with Crippen molar-refractivity contribution >= 4 is 28.2 Å². The molecule has 58 valence electrons. The Morgan fingerprint density at radius 3 is 2.64 bits per heavy atom. The van der Waals surface area contributed by atoms with Crippen LogP contribution in [-0.2, 0) is 4.79 Å². The first-order valence-electron chi connectivity index (χ1n) is 2.60. The van der Waals surface area contributed by atoms with Gasteiger partial charge in [0.2, 0.25) is 0 Å². The van der Waals surface area contributed by atoms with Crippen LogP contribution in [0, 0.1) is 0 Å². The summed E-state index contributed by atoms with van der Waals surface area (Å²) in [5.74, 6) is -2.46. The highest BCUT2D eigenvalue weighted by molar-refractivity contribution is 7.17. The third-order valence-corrected chi connectivity index (χ3v) is 1.77. The number of nitrogen functional groups attached to an aromatic ring is 1. The zero-order valence-corrected chi connectivity index (χ0v) is 6.09. The van der Waals surface area contributed by atoms with Crippen molar-refractivity contribution in [3.8, 4) is 0 Å². The number of nitrogens with zero attached hydrogens (tertiary/aromatic N) is 1. The van der Waals surface area contributed by atoms with Gasteiger partial charge in [0, 0.05) is 0 Å².